The van der Waals surface area contributed by atoms with Crippen LogP contribution in [0.3, 0.4) is 0 Å². The first-order valence-corrected chi connectivity index (χ1v) is 7.32. The van der Waals surface area contributed by atoms with Crippen molar-refractivity contribution < 1.29 is 4.79 Å². The number of hydrogen-bond donors (Lipinski definition) is 1. The Morgan fingerprint density at radius 3 is 2.87 bits per heavy atom. The van der Waals surface area contributed by atoms with Crippen LogP contribution in [-0.4, -0.2) is 35.9 Å². The number of thiol groups is 1. The summed E-state index contributed by atoms with van der Waals surface area (Å²) >= 11 is 7.39. The van der Waals surface area contributed by atoms with Crippen molar-refractivity contribution in [2.45, 2.75) is 17.9 Å². The first kappa shape index (κ1) is 12.9. The van der Waals surface area contributed by atoms with Crippen molar-refractivity contribution in [1.82, 2.24) is 4.90 Å². The summed E-state index contributed by atoms with van der Waals surface area (Å²) < 4.78 is 0. The molecule has 1 heterocycles. The van der Waals surface area contributed by atoms with Gasteiger partial charge in [0.25, 0.3) is 5.91 Å². The zero-order chi connectivity index (χ0) is 11.4. The van der Waals surface area contributed by atoms with E-state index in [1.165, 1.54) is 11.3 Å². The normalized spacial score (nSPS) is 12.5. The molecule has 1 atom stereocenters. The molecule has 0 saturated heterocycles. The zero-order valence-corrected chi connectivity index (χ0v) is 11.6. The van der Waals surface area contributed by atoms with Crippen LogP contribution in [0, 0.1) is 0 Å². The lowest BCUT2D eigenvalue weighted by Crippen LogP contribution is -2.36. The molecule has 1 rings (SSSR count). The van der Waals surface area contributed by atoms with E-state index in [2.05, 4.69) is 19.6 Å². The highest BCUT2D eigenvalue weighted by molar-refractivity contribution is 7.98. The molecule has 0 radical (unpaired) electrons. The van der Waals surface area contributed by atoms with Gasteiger partial charge in [-0.25, -0.2) is 0 Å². The minimum atomic E-state index is 0.0850. The van der Waals surface area contributed by atoms with E-state index in [4.69, 9.17) is 0 Å². The van der Waals surface area contributed by atoms with E-state index in [9.17, 15) is 4.79 Å². The smallest absolute Gasteiger partial charge is 0.263 e. The molecule has 0 N–H and O–H groups in total. The fraction of sp³-hybridized carbons (Fsp3) is 0.500. The van der Waals surface area contributed by atoms with Gasteiger partial charge in [0, 0.05) is 29.1 Å². The molecule has 1 aromatic rings. The summed E-state index contributed by atoms with van der Waals surface area (Å²) in [4.78, 5) is 15.4. The standard InChI is InChI=1S/C10H15NOS3/c1-7(5-14-3)11(2)10(12)9-4-8(13)6-15-9/h4,6-7,13H,5H2,1-3H3. The molecule has 2 nitrogen and oxygen atoms in total. The van der Waals surface area contributed by atoms with Crippen molar-refractivity contribution in [3.63, 3.8) is 0 Å². The molecule has 15 heavy (non-hydrogen) atoms. The van der Waals surface area contributed by atoms with E-state index in [0.29, 0.717) is 0 Å². The van der Waals surface area contributed by atoms with Gasteiger partial charge in [-0.3, -0.25) is 4.79 Å². The van der Waals surface area contributed by atoms with Gasteiger partial charge < -0.3 is 4.90 Å². The van der Waals surface area contributed by atoms with Crippen molar-refractivity contribution >= 4 is 41.6 Å². The highest BCUT2D eigenvalue weighted by Crippen LogP contribution is 2.20. The molecular formula is C10H15NOS3. The van der Waals surface area contributed by atoms with Crippen LogP contribution in [-0.2, 0) is 0 Å². The van der Waals surface area contributed by atoms with Crippen molar-refractivity contribution in [2.24, 2.45) is 0 Å². The van der Waals surface area contributed by atoms with Crippen LogP contribution in [0.15, 0.2) is 16.3 Å². The summed E-state index contributed by atoms with van der Waals surface area (Å²) in [5, 5.41) is 1.88. The van der Waals surface area contributed by atoms with Crippen LogP contribution in [0.1, 0.15) is 16.6 Å². The quantitative estimate of drug-likeness (QED) is 0.841. The molecule has 84 valence electrons. The van der Waals surface area contributed by atoms with Gasteiger partial charge in [0.05, 0.1) is 4.88 Å². The molecule has 0 saturated carbocycles. The Morgan fingerprint density at radius 2 is 2.40 bits per heavy atom. The third-order valence-electron chi connectivity index (χ3n) is 2.19. The maximum absolute atomic E-state index is 12.0. The second-order valence-electron chi connectivity index (χ2n) is 3.39. The SMILES string of the molecule is CSCC(C)N(C)C(=O)c1cc(S)cs1. The Balaban J connectivity index is 2.68. The predicted molar refractivity (Wildman–Crippen MR) is 71.5 cm³/mol. The van der Waals surface area contributed by atoms with Gasteiger partial charge in [-0.1, -0.05) is 0 Å². The molecule has 0 bridgehead atoms. The monoisotopic (exact) mass is 261 g/mol. The fourth-order valence-corrected chi connectivity index (χ4v) is 3.00. The molecular weight excluding hydrogens is 246 g/mol. The third-order valence-corrected chi connectivity index (χ3v) is 4.35. The lowest BCUT2D eigenvalue weighted by atomic mass is 10.3. The molecule has 5 heteroatoms. The molecule has 0 fully saturated rings. The van der Waals surface area contributed by atoms with Crippen molar-refractivity contribution in [3.8, 4) is 0 Å². The Kier molecular flexibility index (Phi) is 5.02. The summed E-state index contributed by atoms with van der Waals surface area (Å²) in [7, 11) is 1.85. The van der Waals surface area contributed by atoms with Crippen LogP contribution in [0.2, 0.25) is 0 Å². The van der Waals surface area contributed by atoms with E-state index in [-0.39, 0.29) is 11.9 Å². The molecule has 1 aromatic heterocycles. The second kappa shape index (κ2) is 5.82. The molecule has 0 aromatic carbocycles. The first-order valence-electron chi connectivity index (χ1n) is 4.60. The predicted octanol–water partition coefficient (Wildman–Crippen LogP) is 2.86. The lowest BCUT2D eigenvalue weighted by molar-refractivity contribution is 0.0762. The number of thiophene rings is 1. The fourth-order valence-electron chi connectivity index (χ4n) is 1.17. The summed E-state index contributed by atoms with van der Waals surface area (Å²) in [6, 6.07) is 2.08. The van der Waals surface area contributed by atoms with Crippen LogP contribution >= 0.6 is 35.7 Å². The number of nitrogens with zero attached hydrogens (tertiary/aromatic N) is 1. The summed E-state index contributed by atoms with van der Waals surface area (Å²) in [5.41, 5.74) is 0. The largest absolute Gasteiger partial charge is 0.337 e. The number of hydrogen-bond acceptors (Lipinski definition) is 4. The zero-order valence-electron chi connectivity index (χ0n) is 9.06. The number of carbonyl (C=O) groups is 1. The Bertz CT molecular complexity index is 337. The van der Waals surface area contributed by atoms with Crippen LogP contribution < -0.4 is 0 Å². The summed E-state index contributed by atoms with van der Waals surface area (Å²) in [6.07, 6.45) is 2.05. The number of amides is 1. The number of rotatable bonds is 4. The molecule has 0 aliphatic heterocycles. The summed E-state index contributed by atoms with van der Waals surface area (Å²) in [5.74, 6) is 1.04. The van der Waals surface area contributed by atoms with E-state index >= 15 is 0 Å². The van der Waals surface area contributed by atoms with Crippen molar-refractivity contribution in [2.75, 3.05) is 19.1 Å². The van der Waals surface area contributed by atoms with Gasteiger partial charge >= 0.3 is 0 Å². The van der Waals surface area contributed by atoms with Crippen LogP contribution in [0.4, 0.5) is 0 Å². The minimum absolute atomic E-state index is 0.0850. The van der Waals surface area contributed by atoms with Gasteiger partial charge in [-0.05, 0) is 19.2 Å². The number of carbonyl (C=O) groups excluding carboxylic acids is 1. The van der Waals surface area contributed by atoms with E-state index in [1.807, 2.05) is 24.7 Å². The molecule has 0 aliphatic rings. The Hall–Kier alpha value is -0.130. The van der Waals surface area contributed by atoms with Crippen LogP contribution in [0.25, 0.3) is 0 Å². The summed E-state index contributed by atoms with van der Waals surface area (Å²) in [6.45, 7) is 2.06. The Labute approximate surface area is 104 Å². The Morgan fingerprint density at radius 1 is 1.73 bits per heavy atom. The van der Waals surface area contributed by atoms with Crippen molar-refractivity contribution in [3.05, 3.63) is 16.3 Å². The third kappa shape index (κ3) is 3.43. The average molecular weight is 261 g/mol. The van der Waals surface area contributed by atoms with E-state index < -0.39 is 0 Å². The van der Waals surface area contributed by atoms with Gasteiger partial charge in [-0.15, -0.1) is 24.0 Å². The first-order chi connectivity index (χ1) is 7.06. The number of thioether (sulfide) groups is 1. The van der Waals surface area contributed by atoms with Gasteiger partial charge in [-0.2, -0.15) is 11.8 Å². The average Bonchev–Trinajstić information content (AvgIpc) is 2.63. The molecule has 0 spiro atoms. The van der Waals surface area contributed by atoms with Crippen molar-refractivity contribution in [1.29, 1.82) is 0 Å². The molecule has 1 amide bonds. The second-order valence-corrected chi connectivity index (χ2v) is 5.73. The molecule has 0 aliphatic carbocycles. The van der Waals surface area contributed by atoms with Gasteiger partial charge in [0.1, 0.15) is 0 Å². The highest BCUT2D eigenvalue weighted by atomic mass is 32.2. The lowest BCUT2D eigenvalue weighted by Gasteiger charge is -2.23. The maximum Gasteiger partial charge on any atom is 0.263 e. The molecule has 1 unspecified atom stereocenters. The van der Waals surface area contributed by atoms with E-state index in [1.54, 1.807) is 16.7 Å². The topological polar surface area (TPSA) is 20.3 Å². The maximum atomic E-state index is 12.0. The van der Waals surface area contributed by atoms with Gasteiger partial charge in [0.2, 0.25) is 0 Å². The van der Waals surface area contributed by atoms with Gasteiger partial charge in [0.15, 0.2) is 0 Å². The van der Waals surface area contributed by atoms with Crippen LogP contribution in [0.5, 0.6) is 0 Å². The van der Waals surface area contributed by atoms with E-state index in [0.717, 1.165) is 15.5 Å². The highest BCUT2D eigenvalue weighted by Gasteiger charge is 2.18. The minimum Gasteiger partial charge on any atom is -0.337 e.